The molecule has 0 aliphatic rings. The van der Waals surface area contributed by atoms with Gasteiger partial charge >= 0.3 is 0 Å². The molecule has 0 saturated heterocycles. The van der Waals surface area contributed by atoms with Crippen LogP contribution < -0.4 is 0 Å². The van der Waals surface area contributed by atoms with Gasteiger partial charge in [0.1, 0.15) is 0 Å². The van der Waals surface area contributed by atoms with Crippen LogP contribution in [0.3, 0.4) is 0 Å². The van der Waals surface area contributed by atoms with Gasteiger partial charge in [0.05, 0.1) is 0 Å². The minimum Gasteiger partial charge on any atom is -0.123 e. The molecule has 1 heteroatoms. The summed E-state index contributed by atoms with van der Waals surface area (Å²) in [6.07, 6.45) is 0. The van der Waals surface area contributed by atoms with Crippen molar-refractivity contribution < 1.29 is 0 Å². The van der Waals surface area contributed by atoms with Crippen molar-refractivity contribution in [2.75, 3.05) is 0 Å². The Morgan fingerprint density at radius 3 is 1.44 bits per heavy atom. The van der Waals surface area contributed by atoms with Crippen LogP contribution in [-0.2, 0) is 0 Å². The largest absolute Gasteiger partial charge is 0.123 e. The van der Waals surface area contributed by atoms with E-state index < -0.39 is 0 Å². The van der Waals surface area contributed by atoms with Crippen molar-refractivity contribution in [2.24, 2.45) is 11.3 Å². The van der Waals surface area contributed by atoms with Crippen molar-refractivity contribution in [3.8, 4) is 0 Å². The second-order valence-electron chi connectivity index (χ2n) is 3.83. The lowest BCUT2D eigenvalue weighted by atomic mass is 9.80. The van der Waals surface area contributed by atoms with Crippen LogP contribution in [-0.4, -0.2) is 5.38 Å². The molecule has 0 heterocycles. The maximum absolute atomic E-state index is 5.91. The van der Waals surface area contributed by atoms with Crippen molar-refractivity contribution in [1.82, 2.24) is 0 Å². The fourth-order valence-corrected chi connectivity index (χ4v) is 1.07. The Balaban J connectivity index is 3.88. The molecule has 56 valence electrons. The van der Waals surface area contributed by atoms with E-state index in [2.05, 4.69) is 34.6 Å². The average Bonchev–Trinajstić information content (AvgIpc) is 1.62. The zero-order valence-electron chi connectivity index (χ0n) is 7.03. The number of halogens is 1. The van der Waals surface area contributed by atoms with Gasteiger partial charge in [-0.05, 0) is 18.3 Å². The molecular weight excluding hydrogens is 132 g/mol. The number of hydrogen-bond donors (Lipinski definition) is 0. The number of hydrogen-bond acceptors (Lipinski definition) is 0. The smallest absolute Gasteiger partial charge is 0.0338 e. The zero-order valence-corrected chi connectivity index (χ0v) is 7.79. The quantitative estimate of drug-likeness (QED) is 0.501. The van der Waals surface area contributed by atoms with Crippen LogP contribution in [0.1, 0.15) is 34.6 Å². The summed E-state index contributed by atoms with van der Waals surface area (Å²) in [6.45, 7) is 10.9. The van der Waals surface area contributed by atoms with Gasteiger partial charge < -0.3 is 0 Å². The monoisotopic (exact) mass is 148 g/mol. The summed E-state index contributed by atoms with van der Waals surface area (Å²) in [5, 5.41) is 0.282. The molecule has 0 aromatic carbocycles. The van der Waals surface area contributed by atoms with E-state index in [0.29, 0.717) is 11.3 Å². The van der Waals surface area contributed by atoms with E-state index in [1.807, 2.05) is 0 Å². The van der Waals surface area contributed by atoms with E-state index in [1.54, 1.807) is 0 Å². The Kier molecular flexibility index (Phi) is 3.01. The van der Waals surface area contributed by atoms with Gasteiger partial charge in [0.2, 0.25) is 0 Å². The van der Waals surface area contributed by atoms with Gasteiger partial charge in [-0.1, -0.05) is 27.7 Å². The van der Waals surface area contributed by atoms with Gasteiger partial charge in [-0.15, -0.1) is 11.6 Å². The van der Waals surface area contributed by atoms with Gasteiger partial charge in [0.15, 0.2) is 0 Å². The molecule has 0 rings (SSSR count). The summed E-state index contributed by atoms with van der Waals surface area (Å²) in [6, 6.07) is 0. The van der Waals surface area contributed by atoms with Crippen molar-refractivity contribution in [2.45, 2.75) is 40.0 Å². The number of alkyl halides is 1. The van der Waals surface area contributed by atoms with E-state index in [1.165, 1.54) is 0 Å². The van der Waals surface area contributed by atoms with Crippen LogP contribution in [0.5, 0.6) is 0 Å². The second kappa shape index (κ2) is 2.92. The van der Waals surface area contributed by atoms with Crippen molar-refractivity contribution in [3.05, 3.63) is 0 Å². The van der Waals surface area contributed by atoms with E-state index in [-0.39, 0.29) is 5.38 Å². The summed E-state index contributed by atoms with van der Waals surface area (Å²) < 4.78 is 0. The Morgan fingerprint density at radius 1 is 1.11 bits per heavy atom. The molecule has 2 unspecified atom stereocenters. The normalized spacial score (nSPS) is 19.3. The van der Waals surface area contributed by atoms with E-state index in [0.717, 1.165) is 0 Å². The first-order chi connectivity index (χ1) is 3.85. The molecule has 0 radical (unpaired) electrons. The van der Waals surface area contributed by atoms with Gasteiger partial charge in [-0.2, -0.15) is 0 Å². The lowest BCUT2D eigenvalue weighted by molar-refractivity contribution is 0.258. The third kappa shape index (κ3) is 3.10. The standard InChI is InChI=1S/C8H17Cl/c1-6(7(2)9)8(3,4)5/h6-7H,1-5H3. The molecule has 0 aromatic rings. The molecule has 0 aliphatic heterocycles. The molecule has 0 amide bonds. The molecule has 0 bridgehead atoms. The summed E-state index contributed by atoms with van der Waals surface area (Å²) in [7, 11) is 0. The zero-order chi connectivity index (χ0) is 7.65. The van der Waals surface area contributed by atoms with E-state index in [9.17, 15) is 0 Å². The molecule has 0 N–H and O–H groups in total. The maximum atomic E-state index is 5.91. The molecule has 2 atom stereocenters. The van der Waals surface area contributed by atoms with Crippen LogP contribution >= 0.6 is 11.6 Å². The lowest BCUT2D eigenvalue weighted by Crippen LogP contribution is -2.23. The summed E-state index contributed by atoms with van der Waals surface area (Å²) in [5.74, 6) is 0.583. The van der Waals surface area contributed by atoms with Crippen LogP contribution in [0.2, 0.25) is 0 Å². The second-order valence-corrected chi connectivity index (χ2v) is 4.52. The van der Waals surface area contributed by atoms with Gasteiger partial charge in [-0.25, -0.2) is 0 Å². The fourth-order valence-electron chi connectivity index (χ4n) is 0.689. The Morgan fingerprint density at radius 2 is 1.44 bits per heavy atom. The highest BCUT2D eigenvalue weighted by Crippen LogP contribution is 2.30. The maximum Gasteiger partial charge on any atom is 0.0338 e. The van der Waals surface area contributed by atoms with Crippen molar-refractivity contribution in [3.63, 3.8) is 0 Å². The van der Waals surface area contributed by atoms with Crippen LogP contribution in [0.15, 0.2) is 0 Å². The SMILES string of the molecule is CC(Cl)C(C)C(C)(C)C. The Labute approximate surface area is 63.6 Å². The fraction of sp³-hybridized carbons (Fsp3) is 1.00. The summed E-state index contributed by atoms with van der Waals surface area (Å²) in [5.41, 5.74) is 0.348. The Bertz CT molecular complexity index is 79.1. The average molecular weight is 149 g/mol. The summed E-state index contributed by atoms with van der Waals surface area (Å²) >= 11 is 5.91. The predicted molar refractivity (Wildman–Crippen MR) is 43.9 cm³/mol. The van der Waals surface area contributed by atoms with E-state index in [4.69, 9.17) is 11.6 Å². The van der Waals surface area contributed by atoms with Gasteiger partial charge in [0.25, 0.3) is 0 Å². The highest BCUT2D eigenvalue weighted by Gasteiger charge is 2.23. The number of rotatable bonds is 1. The molecule has 9 heavy (non-hydrogen) atoms. The molecule has 0 aliphatic carbocycles. The highest BCUT2D eigenvalue weighted by molar-refractivity contribution is 6.20. The molecule has 0 fully saturated rings. The molecule has 0 saturated carbocycles. The first-order valence-corrected chi connectivity index (χ1v) is 3.93. The predicted octanol–water partition coefficient (Wildman–Crippen LogP) is 3.30. The van der Waals surface area contributed by atoms with Crippen LogP contribution in [0.4, 0.5) is 0 Å². The van der Waals surface area contributed by atoms with E-state index >= 15 is 0 Å². The minimum absolute atomic E-state index is 0.282. The van der Waals surface area contributed by atoms with Crippen LogP contribution in [0, 0.1) is 11.3 Å². The van der Waals surface area contributed by atoms with Crippen LogP contribution in [0.25, 0.3) is 0 Å². The third-order valence-electron chi connectivity index (χ3n) is 2.06. The highest BCUT2D eigenvalue weighted by atomic mass is 35.5. The van der Waals surface area contributed by atoms with Crippen molar-refractivity contribution in [1.29, 1.82) is 0 Å². The molecule has 0 nitrogen and oxygen atoms in total. The lowest BCUT2D eigenvalue weighted by Gasteiger charge is -2.28. The van der Waals surface area contributed by atoms with Crippen molar-refractivity contribution >= 4 is 11.6 Å². The Hall–Kier alpha value is 0.290. The minimum atomic E-state index is 0.282. The molecule has 0 aromatic heterocycles. The van der Waals surface area contributed by atoms with Gasteiger partial charge in [0, 0.05) is 5.38 Å². The topological polar surface area (TPSA) is 0 Å². The first kappa shape index (κ1) is 9.29. The summed E-state index contributed by atoms with van der Waals surface area (Å²) in [4.78, 5) is 0. The first-order valence-electron chi connectivity index (χ1n) is 3.49. The molecule has 0 spiro atoms. The third-order valence-corrected chi connectivity index (χ3v) is 2.43. The van der Waals surface area contributed by atoms with Gasteiger partial charge in [-0.3, -0.25) is 0 Å². The molecular formula is C8H17Cl.